The van der Waals surface area contributed by atoms with Gasteiger partial charge < -0.3 is 5.73 Å². The molecule has 0 radical (unpaired) electrons. The van der Waals surface area contributed by atoms with Crippen molar-refractivity contribution in [3.63, 3.8) is 0 Å². The molecule has 0 aromatic rings. The van der Waals surface area contributed by atoms with Gasteiger partial charge >= 0.3 is 6.18 Å². The van der Waals surface area contributed by atoms with Gasteiger partial charge in [0, 0.05) is 12.3 Å². The highest BCUT2D eigenvalue weighted by atomic mass is 32.2. The molecule has 14 heavy (non-hydrogen) atoms. The highest BCUT2D eigenvalue weighted by Gasteiger charge is 2.37. The van der Waals surface area contributed by atoms with Crippen LogP contribution in [-0.4, -0.2) is 24.2 Å². The molecule has 0 aromatic carbocycles. The van der Waals surface area contributed by atoms with E-state index in [1.54, 1.807) is 0 Å². The standard InChI is InChI=1S/C9H18F3NS/c1-7(2)3-4-14-6-8(5-13)9(10,11)12/h7-8H,3-6,13H2,1-2H3. The number of rotatable bonds is 6. The van der Waals surface area contributed by atoms with E-state index in [1.165, 1.54) is 11.8 Å². The summed E-state index contributed by atoms with van der Waals surface area (Å²) in [5, 5.41) is 0. The Bertz CT molecular complexity index is 147. The lowest BCUT2D eigenvalue weighted by molar-refractivity contribution is -0.165. The van der Waals surface area contributed by atoms with Crippen LogP contribution < -0.4 is 5.73 Å². The smallest absolute Gasteiger partial charge is 0.330 e. The highest BCUT2D eigenvalue weighted by Crippen LogP contribution is 2.28. The van der Waals surface area contributed by atoms with E-state index in [-0.39, 0.29) is 12.3 Å². The lowest BCUT2D eigenvalue weighted by Crippen LogP contribution is -2.32. The molecule has 0 heterocycles. The number of halogens is 3. The van der Waals surface area contributed by atoms with Crippen LogP contribution in [0.25, 0.3) is 0 Å². The fourth-order valence-corrected chi connectivity index (χ4v) is 2.26. The average molecular weight is 229 g/mol. The van der Waals surface area contributed by atoms with E-state index in [0.29, 0.717) is 5.92 Å². The van der Waals surface area contributed by atoms with Crippen LogP contribution in [0.15, 0.2) is 0 Å². The molecule has 0 rings (SSSR count). The number of hydrogen-bond acceptors (Lipinski definition) is 2. The minimum atomic E-state index is -4.14. The summed E-state index contributed by atoms with van der Waals surface area (Å²) in [6, 6.07) is 0. The van der Waals surface area contributed by atoms with Crippen molar-refractivity contribution in [2.45, 2.75) is 26.4 Å². The maximum atomic E-state index is 12.2. The molecular weight excluding hydrogens is 211 g/mol. The second kappa shape index (κ2) is 6.56. The zero-order chi connectivity index (χ0) is 11.2. The van der Waals surface area contributed by atoms with E-state index in [9.17, 15) is 13.2 Å². The molecule has 1 unspecified atom stereocenters. The second-order valence-electron chi connectivity index (χ2n) is 3.73. The Morgan fingerprint density at radius 1 is 1.29 bits per heavy atom. The van der Waals surface area contributed by atoms with Crippen molar-refractivity contribution in [2.24, 2.45) is 17.6 Å². The lowest BCUT2D eigenvalue weighted by atomic mass is 10.2. The molecule has 1 nitrogen and oxygen atoms in total. The van der Waals surface area contributed by atoms with Gasteiger partial charge in [0.05, 0.1) is 5.92 Å². The average Bonchev–Trinajstić information content (AvgIpc) is 2.01. The van der Waals surface area contributed by atoms with E-state index in [4.69, 9.17) is 5.73 Å². The number of hydrogen-bond donors (Lipinski definition) is 1. The maximum absolute atomic E-state index is 12.2. The number of alkyl halides is 3. The minimum absolute atomic E-state index is 0.0900. The van der Waals surface area contributed by atoms with Crippen molar-refractivity contribution in [3.05, 3.63) is 0 Å². The molecule has 5 heteroatoms. The van der Waals surface area contributed by atoms with Crippen LogP contribution >= 0.6 is 11.8 Å². The molecule has 0 bridgehead atoms. The van der Waals surface area contributed by atoms with Gasteiger partial charge in [-0.05, 0) is 18.1 Å². The maximum Gasteiger partial charge on any atom is 0.393 e. The third kappa shape index (κ3) is 6.54. The van der Waals surface area contributed by atoms with Crippen LogP contribution in [-0.2, 0) is 0 Å². The van der Waals surface area contributed by atoms with Crippen molar-refractivity contribution in [2.75, 3.05) is 18.1 Å². The first kappa shape index (κ1) is 14.1. The van der Waals surface area contributed by atoms with Crippen molar-refractivity contribution in [3.8, 4) is 0 Å². The molecule has 2 N–H and O–H groups in total. The van der Waals surface area contributed by atoms with Crippen molar-refractivity contribution < 1.29 is 13.2 Å². The van der Waals surface area contributed by atoms with Gasteiger partial charge in [-0.1, -0.05) is 13.8 Å². The quantitative estimate of drug-likeness (QED) is 0.709. The van der Waals surface area contributed by atoms with E-state index < -0.39 is 12.1 Å². The van der Waals surface area contributed by atoms with Crippen LogP contribution in [0.1, 0.15) is 20.3 Å². The molecule has 0 aliphatic heterocycles. The summed E-state index contributed by atoms with van der Waals surface area (Å²) in [7, 11) is 0. The summed E-state index contributed by atoms with van der Waals surface area (Å²) in [6.45, 7) is 3.81. The monoisotopic (exact) mass is 229 g/mol. The Kier molecular flexibility index (Phi) is 6.61. The van der Waals surface area contributed by atoms with Gasteiger partial charge in [-0.15, -0.1) is 0 Å². The molecular formula is C9H18F3NS. The molecule has 0 aliphatic carbocycles. The van der Waals surface area contributed by atoms with Crippen molar-refractivity contribution in [1.82, 2.24) is 0 Å². The Hall–Kier alpha value is 0.100. The van der Waals surface area contributed by atoms with Crippen LogP contribution in [0.2, 0.25) is 0 Å². The van der Waals surface area contributed by atoms with Gasteiger partial charge in [-0.3, -0.25) is 0 Å². The van der Waals surface area contributed by atoms with Gasteiger partial charge in [-0.2, -0.15) is 24.9 Å². The van der Waals surface area contributed by atoms with Crippen LogP contribution in [0.4, 0.5) is 13.2 Å². The van der Waals surface area contributed by atoms with E-state index in [0.717, 1.165) is 12.2 Å². The third-order valence-electron chi connectivity index (χ3n) is 1.91. The molecule has 0 aromatic heterocycles. The van der Waals surface area contributed by atoms with Gasteiger partial charge in [0.15, 0.2) is 0 Å². The third-order valence-corrected chi connectivity index (χ3v) is 3.07. The van der Waals surface area contributed by atoms with Crippen LogP contribution in [0.5, 0.6) is 0 Å². The topological polar surface area (TPSA) is 26.0 Å². The van der Waals surface area contributed by atoms with E-state index in [2.05, 4.69) is 13.8 Å². The Morgan fingerprint density at radius 2 is 1.86 bits per heavy atom. The SMILES string of the molecule is CC(C)CCSCC(CN)C(F)(F)F. The zero-order valence-corrected chi connectivity index (χ0v) is 9.42. The first-order valence-corrected chi connectivity index (χ1v) is 5.88. The largest absolute Gasteiger partial charge is 0.393 e. The minimum Gasteiger partial charge on any atom is -0.330 e. The normalized spacial score (nSPS) is 14.8. The predicted molar refractivity (Wildman–Crippen MR) is 55.4 cm³/mol. The van der Waals surface area contributed by atoms with Crippen LogP contribution in [0.3, 0.4) is 0 Å². The zero-order valence-electron chi connectivity index (χ0n) is 8.60. The molecule has 0 saturated carbocycles. The van der Waals surface area contributed by atoms with Crippen molar-refractivity contribution in [1.29, 1.82) is 0 Å². The first-order valence-electron chi connectivity index (χ1n) is 4.72. The summed E-state index contributed by atoms with van der Waals surface area (Å²) in [4.78, 5) is 0. The molecule has 0 spiro atoms. The summed E-state index contributed by atoms with van der Waals surface area (Å²) in [5.41, 5.74) is 5.07. The Morgan fingerprint density at radius 3 is 2.21 bits per heavy atom. The first-order chi connectivity index (χ1) is 6.38. The van der Waals surface area contributed by atoms with E-state index >= 15 is 0 Å². The number of thioether (sulfide) groups is 1. The molecule has 0 aliphatic rings. The summed E-state index contributed by atoms with van der Waals surface area (Å²) < 4.78 is 36.6. The molecule has 0 amide bonds. The predicted octanol–water partition coefficient (Wildman–Crippen LogP) is 2.90. The summed E-state index contributed by atoms with van der Waals surface area (Å²) in [5.74, 6) is 0.0705. The van der Waals surface area contributed by atoms with E-state index in [1.807, 2.05) is 0 Å². The highest BCUT2D eigenvalue weighted by molar-refractivity contribution is 7.99. The summed E-state index contributed by atoms with van der Waals surface area (Å²) in [6.07, 6.45) is -3.18. The Balaban J connectivity index is 3.64. The van der Waals surface area contributed by atoms with Crippen LogP contribution in [0, 0.1) is 11.8 Å². The molecule has 86 valence electrons. The lowest BCUT2D eigenvalue weighted by Gasteiger charge is -2.17. The summed E-state index contributed by atoms with van der Waals surface area (Å²) >= 11 is 1.34. The second-order valence-corrected chi connectivity index (χ2v) is 4.88. The number of nitrogens with two attached hydrogens (primary N) is 1. The van der Waals surface area contributed by atoms with Crippen molar-refractivity contribution >= 4 is 11.8 Å². The van der Waals surface area contributed by atoms with Gasteiger partial charge in [0.2, 0.25) is 0 Å². The van der Waals surface area contributed by atoms with Gasteiger partial charge in [0.1, 0.15) is 0 Å². The molecule has 0 fully saturated rings. The van der Waals surface area contributed by atoms with Gasteiger partial charge in [-0.25, -0.2) is 0 Å². The Labute approximate surface area is 87.6 Å². The molecule has 0 saturated heterocycles. The fraction of sp³-hybridized carbons (Fsp3) is 1.00. The van der Waals surface area contributed by atoms with Gasteiger partial charge in [0.25, 0.3) is 0 Å². The molecule has 1 atom stereocenters. The fourth-order valence-electron chi connectivity index (χ4n) is 0.841.